The van der Waals surface area contributed by atoms with E-state index in [0.29, 0.717) is 12.0 Å². The van der Waals surface area contributed by atoms with Crippen molar-refractivity contribution in [1.82, 2.24) is 5.32 Å². The summed E-state index contributed by atoms with van der Waals surface area (Å²) in [7, 11) is 1.79. The number of halogens is 3. The monoisotopic (exact) mass is 297 g/mol. The van der Waals surface area contributed by atoms with Crippen LogP contribution in [0.3, 0.4) is 0 Å². The number of benzene rings is 1. The first-order valence-electron chi connectivity index (χ1n) is 6.71. The molecule has 0 radical (unpaired) electrons. The lowest BCUT2D eigenvalue weighted by Gasteiger charge is -2.16. The first-order valence-corrected chi connectivity index (χ1v) is 6.71. The Labute approximate surface area is 122 Å². The molecule has 0 bridgehead atoms. The van der Waals surface area contributed by atoms with Gasteiger partial charge in [0.15, 0.2) is 0 Å². The van der Waals surface area contributed by atoms with Gasteiger partial charge in [0.05, 0.1) is 5.56 Å². The minimum absolute atomic E-state index is 0.0778. The molecule has 1 aromatic carbocycles. The number of alkyl halides is 3. The molecule has 5 heteroatoms. The molecular formula is C16H18F3NO. The smallest absolute Gasteiger partial charge is 0.416 e. The van der Waals surface area contributed by atoms with Crippen molar-refractivity contribution in [2.24, 2.45) is 0 Å². The molecule has 1 aromatic heterocycles. The SMILES string of the molecule is CNC(Cc1cccc(C(F)(F)F)c1)c1cc(C)oc1C. The van der Waals surface area contributed by atoms with Gasteiger partial charge in [0.25, 0.3) is 0 Å². The number of likely N-dealkylation sites (N-methyl/N-ethyl adjacent to an activating group) is 1. The van der Waals surface area contributed by atoms with Gasteiger partial charge in [0.1, 0.15) is 11.5 Å². The van der Waals surface area contributed by atoms with Crippen molar-refractivity contribution in [3.8, 4) is 0 Å². The summed E-state index contributed by atoms with van der Waals surface area (Å²) in [5.41, 5.74) is 1.00. The molecule has 0 aliphatic heterocycles. The van der Waals surface area contributed by atoms with Crippen molar-refractivity contribution in [1.29, 1.82) is 0 Å². The fourth-order valence-electron chi connectivity index (χ4n) is 2.47. The summed E-state index contributed by atoms with van der Waals surface area (Å²) in [5, 5.41) is 3.14. The molecule has 0 aliphatic carbocycles. The first kappa shape index (κ1) is 15.6. The van der Waals surface area contributed by atoms with Crippen LogP contribution in [0.4, 0.5) is 13.2 Å². The summed E-state index contributed by atoms with van der Waals surface area (Å²) < 4.78 is 43.7. The maximum absolute atomic E-state index is 12.7. The van der Waals surface area contributed by atoms with Crippen molar-refractivity contribution in [2.45, 2.75) is 32.5 Å². The highest BCUT2D eigenvalue weighted by molar-refractivity contribution is 5.30. The van der Waals surface area contributed by atoms with Crippen LogP contribution in [0.1, 0.15) is 34.3 Å². The lowest BCUT2D eigenvalue weighted by molar-refractivity contribution is -0.137. The van der Waals surface area contributed by atoms with Crippen molar-refractivity contribution in [2.75, 3.05) is 7.05 Å². The average molecular weight is 297 g/mol. The first-order chi connectivity index (χ1) is 9.81. The molecule has 0 spiro atoms. The van der Waals surface area contributed by atoms with Crippen LogP contribution in [-0.4, -0.2) is 7.05 Å². The van der Waals surface area contributed by atoms with Crippen LogP contribution >= 0.6 is 0 Å². The Morgan fingerprint density at radius 1 is 1.19 bits per heavy atom. The molecule has 2 nitrogen and oxygen atoms in total. The molecule has 0 fully saturated rings. The fourth-order valence-corrected chi connectivity index (χ4v) is 2.47. The number of hydrogen-bond donors (Lipinski definition) is 1. The Hall–Kier alpha value is -1.75. The summed E-state index contributed by atoms with van der Waals surface area (Å²) in [6.45, 7) is 3.71. The summed E-state index contributed by atoms with van der Waals surface area (Å²) in [4.78, 5) is 0. The van der Waals surface area contributed by atoms with E-state index in [9.17, 15) is 13.2 Å². The van der Waals surface area contributed by atoms with Crippen molar-refractivity contribution >= 4 is 0 Å². The lowest BCUT2D eigenvalue weighted by atomic mass is 9.98. The summed E-state index contributed by atoms with van der Waals surface area (Å²) in [6, 6.07) is 7.29. The number of furan rings is 1. The molecule has 21 heavy (non-hydrogen) atoms. The van der Waals surface area contributed by atoms with Crippen molar-refractivity contribution in [3.63, 3.8) is 0 Å². The average Bonchev–Trinajstić information content (AvgIpc) is 2.74. The Bertz CT molecular complexity index is 616. The normalized spacial score (nSPS) is 13.4. The van der Waals surface area contributed by atoms with Gasteiger partial charge in [-0.3, -0.25) is 0 Å². The van der Waals surface area contributed by atoms with Crippen LogP contribution in [0.2, 0.25) is 0 Å². The summed E-state index contributed by atoms with van der Waals surface area (Å²) >= 11 is 0. The van der Waals surface area contributed by atoms with E-state index in [0.717, 1.165) is 23.2 Å². The van der Waals surface area contributed by atoms with Gasteiger partial charge in [0.2, 0.25) is 0 Å². The Kier molecular flexibility index (Phi) is 4.42. The summed E-state index contributed by atoms with van der Waals surface area (Å²) in [5.74, 6) is 1.59. The zero-order valence-corrected chi connectivity index (χ0v) is 12.2. The van der Waals surface area contributed by atoms with E-state index in [1.165, 1.54) is 12.1 Å². The molecular weight excluding hydrogens is 279 g/mol. The van der Waals surface area contributed by atoms with Gasteiger partial charge in [-0.2, -0.15) is 13.2 Å². The van der Waals surface area contributed by atoms with Crippen LogP contribution in [0.15, 0.2) is 34.7 Å². The van der Waals surface area contributed by atoms with Crippen LogP contribution in [0.5, 0.6) is 0 Å². The van der Waals surface area contributed by atoms with Crippen molar-refractivity contribution < 1.29 is 17.6 Å². The van der Waals surface area contributed by atoms with Gasteiger partial charge in [-0.1, -0.05) is 18.2 Å². The minimum atomic E-state index is -4.31. The molecule has 114 valence electrons. The Balaban J connectivity index is 2.25. The van der Waals surface area contributed by atoms with Gasteiger partial charge in [-0.25, -0.2) is 0 Å². The Morgan fingerprint density at radius 3 is 2.43 bits per heavy atom. The zero-order chi connectivity index (χ0) is 15.6. The predicted octanol–water partition coefficient (Wildman–Crippen LogP) is 4.42. The van der Waals surface area contributed by atoms with E-state index in [4.69, 9.17) is 4.42 Å². The van der Waals surface area contributed by atoms with E-state index in [-0.39, 0.29) is 6.04 Å². The third-order valence-electron chi connectivity index (χ3n) is 3.50. The van der Waals surface area contributed by atoms with Gasteiger partial charge < -0.3 is 9.73 Å². The molecule has 1 heterocycles. The summed E-state index contributed by atoms with van der Waals surface area (Å²) in [6.07, 6.45) is -3.84. The highest BCUT2D eigenvalue weighted by atomic mass is 19.4. The zero-order valence-electron chi connectivity index (χ0n) is 12.2. The van der Waals surface area contributed by atoms with Gasteiger partial charge in [0, 0.05) is 11.6 Å². The highest BCUT2D eigenvalue weighted by Crippen LogP contribution is 2.31. The van der Waals surface area contributed by atoms with E-state index >= 15 is 0 Å². The second-order valence-corrected chi connectivity index (χ2v) is 5.11. The number of aryl methyl sites for hydroxylation is 2. The second-order valence-electron chi connectivity index (χ2n) is 5.11. The standard InChI is InChI=1S/C16H18F3NO/c1-10-7-14(11(2)21-10)15(20-3)9-12-5-4-6-13(8-12)16(17,18)19/h4-8,15,20H,9H2,1-3H3. The second kappa shape index (κ2) is 5.93. The van der Waals surface area contributed by atoms with Crippen LogP contribution in [-0.2, 0) is 12.6 Å². The molecule has 0 amide bonds. The van der Waals surface area contributed by atoms with Crippen LogP contribution in [0.25, 0.3) is 0 Å². The third-order valence-corrected chi connectivity index (χ3v) is 3.50. The largest absolute Gasteiger partial charge is 0.466 e. The van der Waals surface area contributed by atoms with E-state index in [1.54, 1.807) is 13.1 Å². The Morgan fingerprint density at radius 2 is 1.90 bits per heavy atom. The quantitative estimate of drug-likeness (QED) is 0.903. The molecule has 2 aromatic rings. The molecule has 1 unspecified atom stereocenters. The molecule has 0 aliphatic rings. The maximum atomic E-state index is 12.7. The van der Waals surface area contributed by atoms with E-state index in [2.05, 4.69) is 5.32 Å². The fraction of sp³-hybridized carbons (Fsp3) is 0.375. The van der Waals surface area contributed by atoms with Gasteiger partial charge >= 0.3 is 6.18 Å². The molecule has 1 N–H and O–H groups in total. The number of hydrogen-bond acceptors (Lipinski definition) is 2. The maximum Gasteiger partial charge on any atom is 0.416 e. The molecule has 0 saturated carbocycles. The number of nitrogens with one attached hydrogen (secondary N) is 1. The van der Waals surface area contributed by atoms with Crippen LogP contribution < -0.4 is 5.32 Å². The van der Waals surface area contributed by atoms with E-state index < -0.39 is 11.7 Å². The third kappa shape index (κ3) is 3.67. The minimum Gasteiger partial charge on any atom is -0.466 e. The molecule has 0 saturated heterocycles. The lowest BCUT2D eigenvalue weighted by Crippen LogP contribution is -2.19. The number of rotatable bonds is 4. The highest BCUT2D eigenvalue weighted by Gasteiger charge is 2.30. The van der Waals surface area contributed by atoms with Crippen molar-refractivity contribution in [3.05, 3.63) is 58.5 Å². The molecule has 1 atom stereocenters. The molecule has 2 rings (SSSR count). The predicted molar refractivity (Wildman–Crippen MR) is 75.1 cm³/mol. The van der Waals surface area contributed by atoms with E-state index in [1.807, 2.05) is 19.9 Å². The van der Waals surface area contributed by atoms with Crippen LogP contribution in [0, 0.1) is 13.8 Å². The topological polar surface area (TPSA) is 25.2 Å². The van der Waals surface area contributed by atoms with Gasteiger partial charge in [-0.15, -0.1) is 0 Å². The van der Waals surface area contributed by atoms with Gasteiger partial charge in [-0.05, 0) is 45.0 Å².